The molecule has 1 aromatic carbocycles. The molecule has 0 fully saturated rings. The molecule has 0 unspecified atom stereocenters. The minimum atomic E-state index is 0.312. The van der Waals surface area contributed by atoms with Gasteiger partial charge < -0.3 is 15.2 Å². The van der Waals surface area contributed by atoms with E-state index in [1.807, 2.05) is 32.0 Å². The summed E-state index contributed by atoms with van der Waals surface area (Å²) in [7, 11) is 0. The molecular weight excluding hydrogens is 166 g/mol. The summed E-state index contributed by atoms with van der Waals surface area (Å²) in [6.07, 6.45) is 0. The molecule has 0 aliphatic carbocycles. The molecular formula is C10H15NO2. The molecule has 0 atom stereocenters. The lowest BCUT2D eigenvalue weighted by atomic mass is 10.2. The predicted molar refractivity (Wildman–Crippen MR) is 51.8 cm³/mol. The van der Waals surface area contributed by atoms with E-state index in [0.717, 1.165) is 17.1 Å². The van der Waals surface area contributed by atoms with Crippen molar-refractivity contribution in [1.29, 1.82) is 0 Å². The minimum absolute atomic E-state index is 0.312. The van der Waals surface area contributed by atoms with Crippen LogP contribution in [-0.2, 0) is 6.54 Å². The van der Waals surface area contributed by atoms with Gasteiger partial charge in [-0.25, -0.2) is 0 Å². The van der Waals surface area contributed by atoms with Crippen LogP contribution in [0.5, 0.6) is 11.5 Å². The second-order valence-corrected chi connectivity index (χ2v) is 2.36. The van der Waals surface area contributed by atoms with Gasteiger partial charge in [-0.3, -0.25) is 0 Å². The third-order valence-corrected chi connectivity index (χ3v) is 1.70. The van der Waals surface area contributed by atoms with E-state index >= 15 is 0 Å². The predicted octanol–water partition coefficient (Wildman–Crippen LogP) is 1.90. The number of para-hydroxylation sites is 1. The van der Waals surface area contributed by atoms with Gasteiger partial charge in [0.15, 0.2) is 11.5 Å². The van der Waals surface area contributed by atoms with Gasteiger partial charge in [-0.05, 0) is 6.07 Å². The molecule has 0 saturated heterocycles. The van der Waals surface area contributed by atoms with E-state index in [0.29, 0.717) is 13.3 Å². The van der Waals surface area contributed by atoms with Gasteiger partial charge in [-0.1, -0.05) is 26.0 Å². The van der Waals surface area contributed by atoms with Crippen molar-refractivity contribution in [2.75, 3.05) is 6.79 Å². The lowest BCUT2D eigenvalue weighted by molar-refractivity contribution is 0.173. The fourth-order valence-corrected chi connectivity index (χ4v) is 1.15. The molecule has 2 rings (SSSR count). The normalized spacial score (nSPS) is 11.9. The van der Waals surface area contributed by atoms with Crippen molar-refractivity contribution >= 4 is 0 Å². The van der Waals surface area contributed by atoms with Gasteiger partial charge in [0.25, 0.3) is 0 Å². The molecule has 0 bridgehead atoms. The molecule has 0 spiro atoms. The van der Waals surface area contributed by atoms with E-state index in [2.05, 4.69) is 0 Å². The lowest BCUT2D eigenvalue weighted by Gasteiger charge is -2.00. The van der Waals surface area contributed by atoms with Crippen LogP contribution in [0.25, 0.3) is 0 Å². The average Bonchev–Trinajstić information content (AvgIpc) is 2.68. The van der Waals surface area contributed by atoms with Crippen LogP contribution in [0.1, 0.15) is 19.4 Å². The van der Waals surface area contributed by atoms with Crippen LogP contribution in [0.4, 0.5) is 0 Å². The molecule has 1 aromatic rings. The van der Waals surface area contributed by atoms with Crippen molar-refractivity contribution in [1.82, 2.24) is 0 Å². The highest BCUT2D eigenvalue weighted by molar-refractivity contribution is 5.47. The zero-order valence-corrected chi connectivity index (χ0v) is 8.04. The first kappa shape index (κ1) is 9.86. The summed E-state index contributed by atoms with van der Waals surface area (Å²) >= 11 is 0. The Balaban J connectivity index is 0.000000396. The van der Waals surface area contributed by atoms with Gasteiger partial charge >= 0.3 is 0 Å². The van der Waals surface area contributed by atoms with Crippen LogP contribution < -0.4 is 15.2 Å². The highest BCUT2D eigenvalue weighted by Gasteiger charge is 2.15. The monoisotopic (exact) mass is 181 g/mol. The first-order chi connectivity index (χ1) is 6.42. The molecule has 0 saturated carbocycles. The summed E-state index contributed by atoms with van der Waals surface area (Å²) in [5, 5.41) is 0. The molecule has 72 valence electrons. The number of hydrogen-bond acceptors (Lipinski definition) is 3. The topological polar surface area (TPSA) is 44.5 Å². The Morgan fingerprint density at radius 3 is 2.77 bits per heavy atom. The SMILES string of the molecule is CC.NCc1cccc2c1OCO2. The molecule has 1 aliphatic rings. The maximum atomic E-state index is 5.49. The van der Waals surface area contributed by atoms with Crippen LogP contribution in [-0.4, -0.2) is 6.79 Å². The minimum Gasteiger partial charge on any atom is -0.454 e. The Kier molecular flexibility index (Phi) is 3.58. The molecule has 1 heterocycles. The second-order valence-electron chi connectivity index (χ2n) is 2.36. The summed E-state index contributed by atoms with van der Waals surface area (Å²) in [5.41, 5.74) is 6.49. The van der Waals surface area contributed by atoms with E-state index < -0.39 is 0 Å². The van der Waals surface area contributed by atoms with Crippen molar-refractivity contribution in [2.45, 2.75) is 20.4 Å². The van der Waals surface area contributed by atoms with Crippen molar-refractivity contribution < 1.29 is 9.47 Å². The number of benzene rings is 1. The molecule has 2 N–H and O–H groups in total. The largest absolute Gasteiger partial charge is 0.454 e. The van der Waals surface area contributed by atoms with Gasteiger partial charge in [0.1, 0.15) is 0 Å². The zero-order valence-electron chi connectivity index (χ0n) is 8.04. The van der Waals surface area contributed by atoms with E-state index in [4.69, 9.17) is 15.2 Å². The highest BCUT2D eigenvalue weighted by Crippen LogP contribution is 2.34. The number of nitrogens with two attached hydrogens (primary N) is 1. The lowest BCUT2D eigenvalue weighted by Crippen LogP contribution is -1.98. The van der Waals surface area contributed by atoms with Gasteiger partial charge in [-0.2, -0.15) is 0 Å². The van der Waals surface area contributed by atoms with E-state index in [-0.39, 0.29) is 0 Å². The fraction of sp³-hybridized carbons (Fsp3) is 0.400. The van der Waals surface area contributed by atoms with Crippen molar-refractivity contribution in [3.05, 3.63) is 23.8 Å². The summed E-state index contributed by atoms with van der Waals surface area (Å²) in [5.74, 6) is 1.60. The maximum absolute atomic E-state index is 5.49. The Labute approximate surface area is 78.5 Å². The van der Waals surface area contributed by atoms with Crippen LogP contribution in [0.15, 0.2) is 18.2 Å². The summed E-state index contributed by atoms with van der Waals surface area (Å²) in [6.45, 7) is 4.80. The fourth-order valence-electron chi connectivity index (χ4n) is 1.15. The van der Waals surface area contributed by atoms with Crippen molar-refractivity contribution in [3.8, 4) is 11.5 Å². The Morgan fingerprint density at radius 2 is 2.08 bits per heavy atom. The molecule has 1 aliphatic heterocycles. The standard InChI is InChI=1S/C8H9NO2.C2H6/c9-4-6-2-1-3-7-8(6)11-5-10-7;1-2/h1-3H,4-5,9H2;1-2H3. The van der Waals surface area contributed by atoms with Gasteiger partial charge in [0, 0.05) is 12.1 Å². The zero-order chi connectivity index (χ0) is 9.68. The third-order valence-electron chi connectivity index (χ3n) is 1.70. The first-order valence-corrected chi connectivity index (χ1v) is 4.49. The number of hydrogen-bond donors (Lipinski definition) is 1. The molecule has 0 amide bonds. The van der Waals surface area contributed by atoms with Gasteiger partial charge in [0.2, 0.25) is 6.79 Å². The Hall–Kier alpha value is -1.22. The van der Waals surface area contributed by atoms with E-state index in [1.165, 1.54) is 0 Å². The molecule has 3 heteroatoms. The molecule has 0 radical (unpaired) electrons. The van der Waals surface area contributed by atoms with E-state index in [1.54, 1.807) is 0 Å². The van der Waals surface area contributed by atoms with Crippen molar-refractivity contribution in [2.24, 2.45) is 5.73 Å². The number of fused-ring (bicyclic) bond motifs is 1. The van der Waals surface area contributed by atoms with Crippen LogP contribution in [0.3, 0.4) is 0 Å². The smallest absolute Gasteiger partial charge is 0.231 e. The van der Waals surface area contributed by atoms with Crippen LogP contribution in [0, 0.1) is 0 Å². The quantitative estimate of drug-likeness (QED) is 0.719. The first-order valence-electron chi connectivity index (χ1n) is 4.49. The summed E-state index contributed by atoms with van der Waals surface area (Å²) < 4.78 is 10.4. The number of rotatable bonds is 1. The van der Waals surface area contributed by atoms with Gasteiger partial charge in [0.05, 0.1) is 0 Å². The van der Waals surface area contributed by atoms with Gasteiger partial charge in [-0.15, -0.1) is 0 Å². The van der Waals surface area contributed by atoms with Crippen molar-refractivity contribution in [3.63, 3.8) is 0 Å². The van der Waals surface area contributed by atoms with Crippen LogP contribution >= 0.6 is 0 Å². The average molecular weight is 181 g/mol. The third kappa shape index (κ3) is 1.92. The number of ether oxygens (including phenoxy) is 2. The summed E-state index contributed by atoms with van der Waals surface area (Å²) in [6, 6.07) is 5.73. The summed E-state index contributed by atoms with van der Waals surface area (Å²) in [4.78, 5) is 0. The molecule has 0 aromatic heterocycles. The Bertz CT molecular complexity index is 274. The highest BCUT2D eigenvalue weighted by atomic mass is 16.7. The second kappa shape index (κ2) is 4.72. The molecule has 13 heavy (non-hydrogen) atoms. The maximum Gasteiger partial charge on any atom is 0.231 e. The molecule has 3 nitrogen and oxygen atoms in total. The van der Waals surface area contributed by atoms with E-state index in [9.17, 15) is 0 Å². The Morgan fingerprint density at radius 1 is 1.31 bits per heavy atom. The van der Waals surface area contributed by atoms with Crippen LogP contribution in [0.2, 0.25) is 0 Å².